The van der Waals surface area contributed by atoms with E-state index in [1.165, 1.54) is 10.9 Å². The largest absolute Gasteiger partial charge is 0.381 e. The summed E-state index contributed by atoms with van der Waals surface area (Å²) >= 11 is 0. The molecule has 96 valence electrons. The smallest absolute Gasteiger partial charge is 0.258 e. The van der Waals surface area contributed by atoms with Crippen LogP contribution >= 0.6 is 0 Å². The van der Waals surface area contributed by atoms with Crippen LogP contribution < -0.4 is 10.6 Å². The van der Waals surface area contributed by atoms with Crippen LogP contribution in [0.25, 0.3) is 0 Å². The Balaban J connectivity index is 2.15. The van der Waals surface area contributed by atoms with Gasteiger partial charge < -0.3 is 10.5 Å². The second-order valence-corrected chi connectivity index (χ2v) is 5.38. The summed E-state index contributed by atoms with van der Waals surface area (Å²) in [6, 6.07) is 0. The lowest BCUT2D eigenvalue weighted by molar-refractivity contribution is 0.0272. The first-order chi connectivity index (χ1) is 7.99. The summed E-state index contributed by atoms with van der Waals surface area (Å²) in [6.45, 7) is 2.04. The molecule has 0 spiro atoms. The van der Waals surface area contributed by atoms with E-state index in [1.807, 2.05) is 0 Å². The quantitative estimate of drug-likeness (QED) is 0.688. The molecule has 1 saturated heterocycles. The van der Waals surface area contributed by atoms with Crippen LogP contribution in [-0.4, -0.2) is 49.5 Å². The van der Waals surface area contributed by atoms with Gasteiger partial charge in [0.15, 0.2) is 5.82 Å². The first kappa shape index (κ1) is 12.3. The van der Waals surface area contributed by atoms with E-state index in [0.29, 0.717) is 26.3 Å². The highest BCUT2D eigenvalue weighted by Crippen LogP contribution is 2.15. The van der Waals surface area contributed by atoms with Crippen LogP contribution in [0, 0.1) is 0 Å². The van der Waals surface area contributed by atoms with Gasteiger partial charge in [-0.3, -0.25) is 4.68 Å². The molecular weight excluding hydrogens is 246 g/mol. The molecule has 1 aliphatic heterocycles. The van der Waals surface area contributed by atoms with Gasteiger partial charge in [-0.2, -0.15) is 5.10 Å². The van der Waals surface area contributed by atoms with Gasteiger partial charge in [0.1, 0.15) is 4.90 Å². The zero-order valence-corrected chi connectivity index (χ0v) is 10.3. The molecule has 2 rings (SSSR count). The molecule has 0 unspecified atom stereocenters. The number of aromatic nitrogens is 2. The van der Waals surface area contributed by atoms with Gasteiger partial charge in [0.2, 0.25) is 0 Å². The number of ether oxygens (including phenoxy) is 1. The van der Waals surface area contributed by atoms with E-state index in [2.05, 4.69) is 9.93 Å². The minimum atomic E-state index is -3.66. The number of morpholine rings is 1. The highest BCUT2D eigenvalue weighted by atomic mass is 32.2. The van der Waals surface area contributed by atoms with Crippen LogP contribution in [0.2, 0.25) is 0 Å². The maximum atomic E-state index is 12.0. The van der Waals surface area contributed by atoms with Crippen molar-refractivity contribution < 1.29 is 13.2 Å². The van der Waals surface area contributed by atoms with Gasteiger partial charge in [-0.15, -0.1) is 4.83 Å². The van der Waals surface area contributed by atoms with E-state index in [9.17, 15) is 8.42 Å². The monoisotopic (exact) mass is 261 g/mol. The topological polar surface area (TPSA) is 102 Å². The van der Waals surface area contributed by atoms with Crippen LogP contribution in [0.1, 0.15) is 0 Å². The van der Waals surface area contributed by atoms with Crippen molar-refractivity contribution in [2.75, 3.05) is 32.0 Å². The van der Waals surface area contributed by atoms with Crippen molar-refractivity contribution in [3.63, 3.8) is 0 Å². The number of hydrogen-bond donors (Lipinski definition) is 2. The molecule has 9 heteroatoms. The van der Waals surface area contributed by atoms with Crippen LogP contribution in [0.3, 0.4) is 0 Å². The minimum absolute atomic E-state index is 0.00624. The number of nitrogens with zero attached hydrogens (tertiary/aromatic N) is 3. The zero-order chi connectivity index (χ0) is 12.5. The van der Waals surface area contributed by atoms with Gasteiger partial charge in [-0.1, -0.05) is 0 Å². The van der Waals surface area contributed by atoms with E-state index in [-0.39, 0.29) is 10.7 Å². The van der Waals surface area contributed by atoms with Crippen LogP contribution in [0.15, 0.2) is 11.1 Å². The van der Waals surface area contributed by atoms with Crippen molar-refractivity contribution in [3.8, 4) is 0 Å². The molecule has 2 heterocycles. The molecule has 17 heavy (non-hydrogen) atoms. The molecule has 0 aliphatic carbocycles. The summed E-state index contributed by atoms with van der Waals surface area (Å²) in [5.41, 5.74) is 5.54. The van der Waals surface area contributed by atoms with Gasteiger partial charge in [0, 0.05) is 26.3 Å². The number of nitrogen functional groups attached to an aromatic ring is 1. The Labute approximate surface area is 99.4 Å². The summed E-state index contributed by atoms with van der Waals surface area (Å²) in [5, 5.41) is 5.39. The summed E-state index contributed by atoms with van der Waals surface area (Å²) in [5.74, 6) is -0.00624. The number of hydrazine groups is 1. The van der Waals surface area contributed by atoms with E-state index in [1.54, 1.807) is 12.1 Å². The first-order valence-corrected chi connectivity index (χ1v) is 6.61. The molecule has 0 aromatic carbocycles. The lowest BCUT2D eigenvalue weighted by atomic mass is 10.5. The van der Waals surface area contributed by atoms with E-state index < -0.39 is 10.0 Å². The van der Waals surface area contributed by atoms with E-state index >= 15 is 0 Å². The third-order valence-corrected chi connectivity index (χ3v) is 3.76. The summed E-state index contributed by atoms with van der Waals surface area (Å²) in [7, 11) is -2.04. The number of nitrogens with one attached hydrogen (secondary N) is 1. The normalized spacial score (nSPS) is 18.4. The molecule has 0 saturated carbocycles. The van der Waals surface area contributed by atoms with Crippen LogP contribution in [0.4, 0.5) is 5.82 Å². The fraction of sp³-hybridized carbons (Fsp3) is 0.625. The number of rotatable bonds is 3. The molecule has 0 bridgehead atoms. The molecule has 0 atom stereocenters. The maximum absolute atomic E-state index is 12.0. The molecule has 3 N–H and O–H groups in total. The predicted molar refractivity (Wildman–Crippen MR) is 60.3 cm³/mol. The van der Waals surface area contributed by atoms with Crippen LogP contribution in [0.5, 0.6) is 0 Å². The molecule has 1 fully saturated rings. The SMILES string of the molecule is Cn1cc(S(=O)(=O)NN2CCOCC2)c(N)n1. The van der Waals surface area contributed by atoms with E-state index in [4.69, 9.17) is 10.5 Å². The average molecular weight is 261 g/mol. The number of aryl methyl sites for hydroxylation is 1. The fourth-order valence-corrected chi connectivity index (χ4v) is 2.79. The standard InChI is InChI=1S/C8H15N5O3S/c1-12-6-7(8(9)10-12)17(14,15)11-13-2-4-16-5-3-13/h6,11H,2-5H2,1H3,(H2,9,10). The molecule has 1 aromatic rings. The van der Waals surface area contributed by atoms with Gasteiger partial charge >= 0.3 is 0 Å². The Morgan fingerprint density at radius 2 is 2.12 bits per heavy atom. The van der Waals surface area contributed by atoms with Crippen LogP contribution in [-0.2, 0) is 21.8 Å². The zero-order valence-electron chi connectivity index (χ0n) is 9.46. The second kappa shape index (κ2) is 4.61. The van der Waals surface area contributed by atoms with Crippen molar-refractivity contribution in [3.05, 3.63) is 6.20 Å². The Morgan fingerprint density at radius 1 is 1.47 bits per heavy atom. The van der Waals surface area contributed by atoms with Crippen molar-refractivity contribution in [2.24, 2.45) is 7.05 Å². The molecule has 8 nitrogen and oxygen atoms in total. The average Bonchev–Trinajstić information content (AvgIpc) is 2.59. The van der Waals surface area contributed by atoms with Crippen molar-refractivity contribution in [1.82, 2.24) is 19.6 Å². The lowest BCUT2D eigenvalue weighted by Gasteiger charge is -2.26. The number of hydrogen-bond acceptors (Lipinski definition) is 6. The van der Waals surface area contributed by atoms with Gasteiger partial charge in [0.05, 0.1) is 13.2 Å². The minimum Gasteiger partial charge on any atom is -0.381 e. The Hall–Kier alpha value is -1.16. The molecule has 0 radical (unpaired) electrons. The maximum Gasteiger partial charge on any atom is 0.258 e. The van der Waals surface area contributed by atoms with Gasteiger partial charge in [-0.25, -0.2) is 13.4 Å². The second-order valence-electron chi connectivity index (χ2n) is 3.75. The fourth-order valence-electron chi connectivity index (χ4n) is 1.56. The summed E-state index contributed by atoms with van der Waals surface area (Å²) in [4.78, 5) is 2.45. The molecule has 0 amide bonds. The highest BCUT2D eigenvalue weighted by molar-refractivity contribution is 7.89. The highest BCUT2D eigenvalue weighted by Gasteiger charge is 2.24. The number of sulfonamides is 1. The van der Waals surface area contributed by atoms with Crippen molar-refractivity contribution in [1.29, 1.82) is 0 Å². The lowest BCUT2D eigenvalue weighted by Crippen LogP contribution is -2.48. The Morgan fingerprint density at radius 3 is 2.65 bits per heavy atom. The van der Waals surface area contributed by atoms with Crippen molar-refractivity contribution in [2.45, 2.75) is 4.90 Å². The summed E-state index contributed by atoms with van der Waals surface area (Å²) < 4.78 is 30.5. The molecule has 1 aliphatic rings. The number of nitrogens with two attached hydrogens (primary N) is 1. The van der Waals surface area contributed by atoms with Crippen molar-refractivity contribution >= 4 is 15.8 Å². The summed E-state index contributed by atoms with van der Waals surface area (Å²) in [6.07, 6.45) is 1.37. The van der Waals surface area contributed by atoms with Gasteiger partial charge in [0.25, 0.3) is 10.0 Å². The third-order valence-electron chi connectivity index (χ3n) is 2.37. The third kappa shape index (κ3) is 2.75. The first-order valence-electron chi connectivity index (χ1n) is 5.13. The Kier molecular flexibility index (Phi) is 3.33. The van der Waals surface area contributed by atoms with E-state index in [0.717, 1.165) is 0 Å². The number of anilines is 1. The molecule has 1 aromatic heterocycles. The Bertz CT molecular complexity index is 491. The molecular formula is C8H15N5O3S. The predicted octanol–water partition coefficient (Wildman–Crippen LogP) is -1.47. The van der Waals surface area contributed by atoms with Gasteiger partial charge in [-0.05, 0) is 0 Å².